The maximum absolute atomic E-state index is 12.8. The van der Waals surface area contributed by atoms with Crippen LogP contribution in [-0.4, -0.2) is 33.3 Å². The van der Waals surface area contributed by atoms with Crippen LogP contribution in [0.4, 0.5) is 0 Å². The summed E-state index contributed by atoms with van der Waals surface area (Å²) in [6.07, 6.45) is 4.19. The van der Waals surface area contributed by atoms with Crippen LogP contribution in [-0.2, 0) is 18.8 Å². The minimum absolute atomic E-state index is 0.0696. The fourth-order valence-corrected chi connectivity index (χ4v) is 9.84. The Bertz CT molecular complexity index is 968. The lowest BCUT2D eigenvalue weighted by molar-refractivity contribution is -0.146. The van der Waals surface area contributed by atoms with Crippen LogP contribution in [0.5, 0.6) is 0 Å². The highest BCUT2D eigenvalue weighted by molar-refractivity contribution is 6.99. The van der Waals surface area contributed by atoms with E-state index in [1.54, 1.807) is 6.92 Å². The fraction of sp³-hybridized carbons (Fsp3) is 0.467. The van der Waals surface area contributed by atoms with E-state index in [0.29, 0.717) is 26.1 Å². The summed E-state index contributed by atoms with van der Waals surface area (Å²) in [6.45, 7) is 11.7. The van der Waals surface area contributed by atoms with Crippen LogP contribution in [0.3, 0.4) is 0 Å². The molecule has 2 aromatic rings. The molecule has 1 aliphatic rings. The Morgan fingerprint density at radius 3 is 2.09 bits per heavy atom. The molecule has 3 rings (SSSR count). The molecular formula is C30H40O4Si. The third-order valence-corrected chi connectivity index (χ3v) is 12.1. The molecular weight excluding hydrogens is 452 g/mol. The molecule has 0 aromatic heterocycles. The number of hydrogen-bond acceptors (Lipinski definition) is 4. The minimum Gasteiger partial charge on any atom is -0.466 e. The zero-order valence-corrected chi connectivity index (χ0v) is 22.9. The molecule has 0 saturated heterocycles. The van der Waals surface area contributed by atoms with E-state index in [1.165, 1.54) is 15.9 Å². The van der Waals surface area contributed by atoms with Crippen molar-refractivity contribution in [1.82, 2.24) is 0 Å². The molecule has 0 heterocycles. The van der Waals surface area contributed by atoms with Crippen molar-refractivity contribution in [3.8, 4) is 0 Å². The molecule has 0 saturated carbocycles. The normalized spacial score (nSPS) is 19.1. The van der Waals surface area contributed by atoms with Gasteiger partial charge in [-0.15, -0.1) is 0 Å². The van der Waals surface area contributed by atoms with Crippen molar-refractivity contribution in [1.29, 1.82) is 0 Å². The third-order valence-electron chi connectivity index (χ3n) is 7.10. The summed E-state index contributed by atoms with van der Waals surface area (Å²) in [5, 5.41) is 2.47. The number of ether oxygens (including phenoxy) is 1. The van der Waals surface area contributed by atoms with Gasteiger partial charge in [0.05, 0.1) is 13.0 Å². The molecule has 0 spiro atoms. The number of benzene rings is 2. The van der Waals surface area contributed by atoms with Gasteiger partial charge in [-0.1, -0.05) is 100 Å². The summed E-state index contributed by atoms with van der Waals surface area (Å²) in [4.78, 5) is 24.7. The van der Waals surface area contributed by atoms with Crippen molar-refractivity contribution in [3.63, 3.8) is 0 Å². The van der Waals surface area contributed by atoms with Gasteiger partial charge in [0.1, 0.15) is 5.78 Å². The highest BCUT2D eigenvalue weighted by Crippen LogP contribution is 2.37. The Morgan fingerprint density at radius 2 is 1.57 bits per heavy atom. The Labute approximate surface area is 211 Å². The quantitative estimate of drug-likeness (QED) is 0.265. The second-order valence-electron chi connectivity index (χ2n) is 10.6. The Balaban J connectivity index is 1.82. The number of rotatable bonds is 9. The summed E-state index contributed by atoms with van der Waals surface area (Å²) < 4.78 is 12.1. The van der Waals surface area contributed by atoms with Gasteiger partial charge < -0.3 is 9.16 Å². The molecule has 1 aliphatic carbocycles. The van der Waals surface area contributed by atoms with Gasteiger partial charge in [-0.05, 0) is 41.1 Å². The van der Waals surface area contributed by atoms with Crippen LogP contribution >= 0.6 is 0 Å². The zero-order valence-electron chi connectivity index (χ0n) is 21.9. The van der Waals surface area contributed by atoms with Crippen molar-refractivity contribution in [2.24, 2.45) is 11.8 Å². The summed E-state index contributed by atoms with van der Waals surface area (Å²) in [6, 6.07) is 21.3. The van der Waals surface area contributed by atoms with Gasteiger partial charge in [-0.3, -0.25) is 9.59 Å². The van der Waals surface area contributed by atoms with E-state index < -0.39 is 8.32 Å². The van der Waals surface area contributed by atoms with Crippen LogP contribution in [0, 0.1) is 11.8 Å². The van der Waals surface area contributed by atoms with Crippen molar-refractivity contribution < 1.29 is 18.8 Å². The maximum Gasteiger partial charge on any atom is 0.306 e. The van der Waals surface area contributed by atoms with Gasteiger partial charge in [-0.2, -0.15) is 0 Å². The molecule has 2 aromatic carbocycles. The van der Waals surface area contributed by atoms with E-state index in [1.807, 2.05) is 0 Å². The lowest BCUT2D eigenvalue weighted by Gasteiger charge is -2.43. The number of carbonyl (C=O) groups excluding carboxylic acids is 2. The van der Waals surface area contributed by atoms with Crippen LogP contribution in [0.15, 0.2) is 72.3 Å². The predicted molar refractivity (Wildman–Crippen MR) is 144 cm³/mol. The largest absolute Gasteiger partial charge is 0.466 e. The first-order chi connectivity index (χ1) is 16.7. The summed E-state index contributed by atoms with van der Waals surface area (Å²) in [7, 11) is -2.58. The second-order valence-corrected chi connectivity index (χ2v) is 14.9. The maximum atomic E-state index is 12.8. The molecule has 2 atom stereocenters. The fourth-order valence-electron chi connectivity index (χ4n) is 5.28. The minimum atomic E-state index is -2.58. The van der Waals surface area contributed by atoms with Gasteiger partial charge >= 0.3 is 5.97 Å². The van der Waals surface area contributed by atoms with E-state index in [-0.39, 0.29) is 35.0 Å². The summed E-state index contributed by atoms with van der Waals surface area (Å²) >= 11 is 0. The number of allylic oxidation sites excluding steroid dienone is 1. The molecule has 5 heteroatoms. The molecule has 0 aliphatic heterocycles. The highest BCUT2D eigenvalue weighted by atomic mass is 28.4. The van der Waals surface area contributed by atoms with Crippen molar-refractivity contribution in [2.45, 2.75) is 65.3 Å². The summed E-state index contributed by atoms with van der Waals surface area (Å²) in [5.74, 6) is -0.265. The lowest BCUT2D eigenvalue weighted by Crippen LogP contribution is -2.66. The Morgan fingerprint density at radius 1 is 1.00 bits per heavy atom. The van der Waals surface area contributed by atoms with Gasteiger partial charge in [0.2, 0.25) is 0 Å². The van der Waals surface area contributed by atoms with E-state index >= 15 is 0 Å². The number of ketones is 1. The third kappa shape index (κ3) is 6.39. The average Bonchev–Trinajstić information content (AvgIpc) is 2.95. The van der Waals surface area contributed by atoms with Crippen LogP contribution in [0.2, 0.25) is 5.04 Å². The first-order valence-corrected chi connectivity index (χ1v) is 14.7. The molecule has 0 fully saturated rings. The zero-order chi connectivity index (χ0) is 25.5. The molecule has 0 radical (unpaired) electrons. The molecule has 4 nitrogen and oxygen atoms in total. The average molecular weight is 493 g/mol. The number of hydrogen-bond donors (Lipinski definition) is 0. The van der Waals surface area contributed by atoms with Gasteiger partial charge in [0.25, 0.3) is 8.32 Å². The number of carbonyl (C=O) groups is 2. The van der Waals surface area contributed by atoms with Gasteiger partial charge in [-0.25, -0.2) is 0 Å². The molecule has 35 heavy (non-hydrogen) atoms. The van der Waals surface area contributed by atoms with Crippen LogP contribution in [0.1, 0.15) is 60.3 Å². The van der Waals surface area contributed by atoms with E-state index in [2.05, 4.69) is 94.4 Å². The smallest absolute Gasteiger partial charge is 0.306 e. The Hall–Kier alpha value is -2.50. The highest BCUT2D eigenvalue weighted by Gasteiger charge is 2.50. The van der Waals surface area contributed by atoms with E-state index in [0.717, 1.165) is 6.42 Å². The monoisotopic (exact) mass is 492 g/mol. The molecule has 0 amide bonds. The summed E-state index contributed by atoms with van der Waals surface area (Å²) in [5.41, 5.74) is 1.25. The van der Waals surface area contributed by atoms with Crippen LogP contribution in [0.25, 0.3) is 0 Å². The topological polar surface area (TPSA) is 52.6 Å². The van der Waals surface area contributed by atoms with Crippen molar-refractivity contribution in [3.05, 3.63) is 72.3 Å². The molecule has 188 valence electrons. The van der Waals surface area contributed by atoms with Crippen molar-refractivity contribution in [2.75, 3.05) is 13.2 Å². The molecule has 0 bridgehead atoms. The number of esters is 1. The lowest BCUT2D eigenvalue weighted by atomic mass is 9.92. The Kier molecular flexibility index (Phi) is 9.25. The van der Waals surface area contributed by atoms with Gasteiger partial charge in [0.15, 0.2) is 0 Å². The first-order valence-electron chi connectivity index (χ1n) is 12.8. The van der Waals surface area contributed by atoms with Crippen LogP contribution < -0.4 is 10.4 Å². The molecule has 2 unspecified atom stereocenters. The molecule has 0 N–H and O–H groups in total. The van der Waals surface area contributed by atoms with Gasteiger partial charge in [0, 0.05) is 18.9 Å². The second kappa shape index (κ2) is 12.0. The standard InChI is InChI=1S/C30H40O4Si/c1-6-33-29(32)22-25-18-17-24(23(2)21-28(25)31)19-20-34-35(30(3,4)5,26-13-9-7-10-14-26)27-15-11-8-12-16-27/h7-17,23,25H,6,18-22H2,1-5H3. The number of Topliss-reactive ketones (excluding diaryl/α,β-unsaturated/α-hetero) is 1. The van der Waals surface area contributed by atoms with E-state index in [9.17, 15) is 9.59 Å². The van der Waals surface area contributed by atoms with Crippen molar-refractivity contribution >= 4 is 30.4 Å². The predicted octanol–water partition coefficient (Wildman–Crippen LogP) is 5.45. The SMILES string of the molecule is CCOC(=O)CC1CC=C(CCO[Si](c2ccccc2)(c2ccccc2)C(C)(C)C)C(C)CC1=O. The first kappa shape index (κ1) is 27.1. The van der Waals surface area contributed by atoms with E-state index in [4.69, 9.17) is 9.16 Å².